The van der Waals surface area contributed by atoms with Crippen molar-refractivity contribution in [3.8, 4) is 0 Å². The summed E-state index contributed by atoms with van der Waals surface area (Å²) in [5, 5.41) is 2.99. The van der Waals surface area contributed by atoms with Crippen LogP contribution >= 0.6 is 11.3 Å². The molecule has 0 fully saturated rings. The quantitative estimate of drug-likeness (QED) is 0.910. The Morgan fingerprint density at radius 1 is 1.47 bits per heavy atom. The van der Waals surface area contributed by atoms with Crippen molar-refractivity contribution in [1.29, 1.82) is 0 Å². The summed E-state index contributed by atoms with van der Waals surface area (Å²) in [6, 6.07) is 0. The number of carbonyl (C=O) groups is 1. The summed E-state index contributed by atoms with van der Waals surface area (Å²) in [4.78, 5) is 16.2. The Kier molecular flexibility index (Phi) is 4.50. The van der Waals surface area contributed by atoms with Gasteiger partial charge in [-0.25, -0.2) is 4.98 Å². The van der Waals surface area contributed by atoms with E-state index >= 15 is 0 Å². The first-order valence-electron chi connectivity index (χ1n) is 5.14. The van der Waals surface area contributed by atoms with Crippen LogP contribution in [0.3, 0.4) is 0 Å². The molecule has 0 spiro atoms. The molecule has 96 valence electrons. The molecule has 1 aromatic heterocycles. The lowest BCUT2D eigenvalue weighted by atomic mass is 10.3. The van der Waals surface area contributed by atoms with Crippen molar-refractivity contribution in [2.75, 3.05) is 6.54 Å². The molecular formula is C10H13F3N2OS. The van der Waals surface area contributed by atoms with Gasteiger partial charge in [-0.05, 0) is 13.3 Å². The van der Waals surface area contributed by atoms with E-state index in [-0.39, 0.29) is 0 Å². The molecule has 0 bridgehead atoms. The largest absolute Gasteiger partial charge is 0.390 e. The smallest absolute Gasteiger partial charge is 0.351 e. The molecule has 0 aliphatic heterocycles. The van der Waals surface area contributed by atoms with Crippen molar-refractivity contribution in [2.24, 2.45) is 0 Å². The first-order valence-corrected chi connectivity index (χ1v) is 5.96. The van der Waals surface area contributed by atoms with Crippen molar-refractivity contribution in [3.63, 3.8) is 0 Å². The number of aryl methyl sites for hydroxylation is 2. The van der Waals surface area contributed by atoms with Gasteiger partial charge in [-0.2, -0.15) is 13.2 Å². The third kappa shape index (κ3) is 4.33. The van der Waals surface area contributed by atoms with Crippen LogP contribution in [-0.2, 0) is 6.42 Å². The molecular weight excluding hydrogens is 253 g/mol. The predicted octanol–water partition coefficient (Wildman–Crippen LogP) is 2.70. The van der Waals surface area contributed by atoms with Crippen LogP contribution in [-0.4, -0.2) is 23.6 Å². The number of alkyl halides is 3. The Bertz CT molecular complexity index is 401. The number of amides is 1. The molecule has 17 heavy (non-hydrogen) atoms. The van der Waals surface area contributed by atoms with Gasteiger partial charge in [0, 0.05) is 6.54 Å². The van der Waals surface area contributed by atoms with Gasteiger partial charge in [0.2, 0.25) is 0 Å². The number of nitrogens with zero attached hydrogens (tertiary/aromatic N) is 1. The van der Waals surface area contributed by atoms with Gasteiger partial charge in [-0.3, -0.25) is 4.79 Å². The van der Waals surface area contributed by atoms with E-state index in [1.807, 2.05) is 6.92 Å². The molecule has 0 aliphatic rings. The summed E-state index contributed by atoms with van der Waals surface area (Å²) in [7, 11) is 0. The molecule has 0 saturated carbocycles. The Morgan fingerprint density at radius 2 is 2.12 bits per heavy atom. The minimum atomic E-state index is -4.25. The number of rotatable bonds is 4. The van der Waals surface area contributed by atoms with Gasteiger partial charge in [-0.1, -0.05) is 6.92 Å². The molecule has 0 unspecified atom stereocenters. The molecule has 1 heterocycles. The first kappa shape index (κ1) is 14.0. The Morgan fingerprint density at radius 3 is 2.65 bits per heavy atom. The van der Waals surface area contributed by atoms with Gasteiger partial charge in [-0.15, -0.1) is 11.3 Å². The van der Waals surface area contributed by atoms with E-state index in [1.54, 1.807) is 6.92 Å². The lowest BCUT2D eigenvalue weighted by Crippen LogP contribution is -2.27. The Balaban J connectivity index is 2.58. The summed E-state index contributed by atoms with van der Waals surface area (Å²) in [5.74, 6) is -0.475. The average Bonchev–Trinajstić information content (AvgIpc) is 2.57. The van der Waals surface area contributed by atoms with Crippen molar-refractivity contribution >= 4 is 17.2 Å². The maximum Gasteiger partial charge on any atom is 0.390 e. The second-order valence-electron chi connectivity index (χ2n) is 3.48. The van der Waals surface area contributed by atoms with Gasteiger partial charge in [0.05, 0.1) is 17.1 Å². The molecule has 0 radical (unpaired) electrons. The molecule has 1 rings (SSSR count). The van der Waals surface area contributed by atoms with Crippen LogP contribution in [0.15, 0.2) is 0 Å². The summed E-state index contributed by atoms with van der Waals surface area (Å²) < 4.78 is 35.7. The second kappa shape index (κ2) is 5.48. The Labute approximate surface area is 101 Å². The van der Waals surface area contributed by atoms with Crippen LogP contribution in [0.25, 0.3) is 0 Å². The van der Waals surface area contributed by atoms with E-state index in [1.165, 1.54) is 11.3 Å². The molecule has 0 saturated heterocycles. The number of thiazole rings is 1. The lowest BCUT2D eigenvalue weighted by Gasteiger charge is -2.07. The van der Waals surface area contributed by atoms with Crippen molar-refractivity contribution in [3.05, 3.63) is 15.6 Å². The third-order valence-electron chi connectivity index (χ3n) is 2.04. The highest BCUT2D eigenvalue weighted by Gasteiger charge is 2.27. The zero-order chi connectivity index (χ0) is 13.1. The SMILES string of the molecule is CCc1nc(C)sc1C(=O)NCCC(F)(F)F. The minimum Gasteiger partial charge on any atom is -0.351 e. The van der Waals surface area contributed by atoms with Gasteiger partial charge in [0.1, 0.15) is 4.88 Å². The molecule has 1 N–H and O–H groups in total. The van der Waals surface area contributed by atoms with E-state index in [4.69, 9.17) is 0 Å². The average molecular weight is 266 g/mol. The summed E-state index contributed by atoms with van der Waals surface area (Å²) in [6.45, 7) is 3.21. The molecule has 0 atom stereocenters. The minimum absolute atomic E-state index is 0.400. The van der Waals surface area contributed by atoms with Gasteiger partial charge in [0.15, 0.2) is 0 Å². The molecule has 7 heteroatoms. The fourth-order valence-electron chi connectivity index (χ4n) is 1.29. The number of hydrogen-bond acceptors (Lipinski definition) is 3. The van der Waals surface area contributed by atoms with Crippen molar-refractivity contribution < 1.29 is 18.0 Å². The second-order valence-corrected chi connectivity index (χ2v) is 4.69. The number of halogens is 3. The number of carbonyl (C=O) groups excluding carboxylic acids is 1. The van der Waals surface area contributed by atoms with Crippen LogP contribution < -0.4 is 5.32 Å². The van der Waals surface area contributed by atoms with Gasteiger partial charge < -0.3 is 5.32 Å². The zero-order valence-electron chi connectivity index (χ0n) is 9.52. The maximum atomic E-state index is 11.9. The number of hydrogen-bond donors (Lipinski definition) is 1. The maximum absolute atomic E-state index is 11.9. The fourth-order valence-corrected chi connectivity index (χ4v) is 2.21. The van der Waals surface area contributed by atoms with E-state index in [2.05, 4.69) is 10.3 Å². The van der Waals surface area contributed by atoms with Crippen LogP contribution in [0.4, 0.5) is 13.2 Å². The molecule has 3 nitrogen and oxygen atoms in total. The molecule has 0 aromatic carbocycles. The third-order valence-corrected chi connectivity index (χ3v) is 3.05. The molecule has 1 amide bonds. The highest BCUT2D eigenvalue weighted by atomic mass is 32.1. The monoisotopic (exact) mass is 266 g/mol. The molecule has 1 aromatic rings. The highest BCUT2D eigenvalue weighted by molar-refractivity contribution is 7.13. The topological polar surface area (TPSA) is 42.0 Å². The predicted molar refractivity (Wildman–Crippen MR) is 59.2 cm³/mol. The normalized spacial score (nSPS) is 11.6. The summed E-state index contributed by atoms with van der Waals surface area (Å²) in [5.41, 5.74) is 0.636. The summed E-state index contributed by atoms with van der Waals surface area (Å²) in [6.07, 6.45) is -4.67. The van der Waals surface area contributed by atoms with Crippen molar-refractivity contribution in [1.82, 2.24) is 10.3 Å². The van der Waals surface area contributed by atoms with Crippen LogP contribution in [0, 0.1) is 6.92 Å². The van der Waals surface area contributed by atoms with Crippen molar-refractivity contribution in [2.45, 2.75) is 32.9 Å². The zero-order valence-corrected chi connectivity index (χ0v) is 10.3. The van der Waals surface area contributed by atoms with E-state index in [0.29, 0.717) is 17.0 Å². The van der Waals surface area contributed by atoms with Crippen LogP contribution in [0.1, 0.15) is 33.7 Å². The highest BCUT2D eigenvalue weighted by Crippen LogP contribution is 2.20. The summed E-state index contributed by atoms with van der Waals surface area (Å²) >= 11 is 1.20. The van der Waals surface area contributed by atoms with Crippen LogP contribution in [0.2, 0.25) is 0 Å². The number of aromatic nitrogens is 1. The van der Waals surface area contributed by atoms with E-state index in [0.717, 1.165) is 5.01 Å². The Hall–Kier alpha value is -1.11. The van der Waals surface area contributed by atoms with E-state index in [9.17, 15) is 18.0 Å². The van der Waals surface area contributed by atoms with Gasteiger partial charge >= 0.3 is 6.18 Å². The van der Waals surface area contributed by atoms with Gasteiger partial charge in [0.25, 0.3) is 5.91 Å². The first-order chi connectivity index (χ1) is 7.83. The van der Waals surface area contributed by atoms with Crippen LogP contribution in [0.5, 0.6) is 0 Å². The van der Waals surface area contributed by atoms with E-state index < -0.39 is 25.0 Å². The fraction of sp³-hybridized carbons (Fsp3) is 0.600. The number of nitrogens with one attached hydrogen (secondary N) is 1. The standard InChI is InChI=1S/C10H13F3N2OS/c1-3-7-8(17-6(2)15-7)9(16)14-5-4-10(11,12)13/h3-5H2,1-2H3,(H,14,16). The lowest BCUT2D eigenvalue weighted by molar-refractivity contribution is -0.132. The molecule has 0 aliphatic carbocycles.